The summed E-state index contributed by atoms with van der Waals surface area (Å²) in [5.74, 6) is 0.680. The number of fused-ring (bicyclic) bond motifs is 1. The molecule has 0 radical (unpaired) electrons. The quantitative estimate of drug-likeness (QED) is 0.556. The molecule has 2 N–H and O–H groups in total. The van der Waals surface area contributed by atoms with Crippen molar-refractivity contribution >= 4 is 50.4 Å². The molecule has 1 aromatic carbocycles. The first kappa shape index (κ1) is 17.3. The smallest absolute Gasteiger partial charge is 0.247 e. The van der Waals surface area contributed by atoms with Crippen molar-refractivity contribution in [3.05, 3.63) is 27.2 Å². The molecule has 9 nitrogen and oxygen atoms in total. The molecule has 1 aliphatic heterocycles. The van der Waals surface area contributed by atoms with Gasteiger partial charge in [0, 0.05) is 17.0 Å². The van der Waals surface area contributed by atoms with Crippen LogP contribution in [0.4, 0.5) is 5.13 Å². The van der Waals surface area contributed by atoms with Crippen LogP contribution in [0.2, 0.25) is 0 Å². The molecule has 130 valence electrons. The minimum Gasteiger partial charge on any atom is -0.454 e. The summed E-state index contributed by atoms with van der Waals surface area (Å²) in [5.41, 5.74) is 3.14. The summed E-state index contributed by atoms with van der Waals surface area (Å²) >= 11 is 4.53. The molecule has 0 atom stereocenters. The van der Waals surface area contributed by atoms with Crippen molar-refractivity contribution in [3.63, 3.8) is 0 Å². The van der Waals surface area contributed by atoms with Gasteiger partial charge in [-0.25, -0.2) is 5.43 Å². The Hall–Kier alpha value is -2.53. The highest BCUT2D eigenvalue weighted by Gasteiger charge is 2.15. The maximum absolute atomic E-state index is 11.9. The summed E-state index contributed by atoms with van der Waals surface area (Å²) < 4.78 is 11.3. The monoisotopic (exact) mass is 425 g/mol. The number of nitrogens with one attached hydrogen (secondary N) is 2. The molecule has 0 fully saturated rings. The lowest BCUT2D eigenvalue weighted by Crippen LogP contribution is -2.19. The van der Waals surface area contributed by atoms with Gasteiger partial charge in [-0.1, -0.05) is 11.3 Å². The second-order valence-corrected chi connectivity index (χ2v) is 6.80. The SMILES string of the molecule is CC(=O)Nc1nnc(CC(=O)N/N=C\c2cc3c(cc2Br)OCO3)s1. The van der Waals surface area contributed by atoms with E-state index in [0.717, 1.165) is 21.4 Å². The summed E-state index contributed by atoms with van der Waals surface area (Å²) in [4.78, 5) is 22.8. The second kappa shape index (κ2) is 7.57. The van der Waals surface area contributed by atoms with Crippen LogP contribution in [0.15, 0.2) is 21.7 Å². The molecule has 2 amide bonds. The predicted octanol–water partition coefficient (Wildman–Crippen LogP) is 1.68. The number of benzene rings is 1. The average molecular weight is 426 g/mol. The molecule has 25 heavy (non-hydrogen) atoms. The third kappa shape index (κ3) is 4.51. The van der Waals surface area contributed by atoms with Gasteiger partial charge in [0.05, 0.1) is 12.6 Å². The second-order valence-electron chi connectivity index (χ2n) is 4.88. The lowest BCUT2D eigenvalue weighted by molar-refractivity contribution is -0.120. The van der Waals surface area contributed by atoms with E-state index in [-0.39, 0.29) is 25.0 Å². The number of halogens is 1. The zero-order chi connectivity index (χ0) is 17.8. The number of hydrogen-bond donors (Lipinski definition) is 2. The van der Waals surface area contributed by atoms with Crippen molar-refractivity contribution in [2.24, 2.45) is 5.10 Å². The Morgan fingerprint density at radius 3 is 2.88 bits per heavy atom. The van der Waals surface area contributed by atoms with Gasteiger partial charge in [0.1, 0.15) is 5.01 Å². The highest BCUT2D eigenvalue weighted by Crippen LogP contribution is 2.36. The number of carbonyl (C=O) groups excluding carboxylic acids is 2. The van der Waals surface area contributed by atoms with Crippen LogP contribution in [0.1, 0.15) is 17.5 Å². The topological polar surface area (TPSA) is 115 Å². The molecule has 1 aliphatic rings. The first-order chi connectivity index (χ1) is 12.0. The highest BCUT2D eigenvalue weighted by atomic mass is 79.9. The van der Waals surface area contributed by atoms with Crippen molar-refractivity contribution in [3.8, 4) is 11.5 Å². The van der Waals surface area contributed by atoms with Crippen molar-refractivity contribution in [1.29, 1.82) is 0 Å². The maximum atomic E-state index is 11.9. The molecule has 0 saturated carbocycles. The van der Waals surface area contributed by atoms with E-state index in [1.54, 1.807) is 12.1 Å². The van der Waals surface area contributed by atoms with E-state index in [9.17, 15) is 9.59 Å². The molecule has 2 aromatic rings. The molecule has 0 saturated heterocycles. The minimum absolute atomic E-state index is 0.0108. The fourth-order valence-corrected chi connectivity index (χ4v) is 3.12. The lowest BCUT2D eigenvalue weighted by Gasteiger charge is -2.01. The van der Waals surface area contributed by atoms with Gasteiger partial charge >= 0.3 is 0 Å². The van der Waals surface area contributed by atoms with Crippen molar-refractivity contribution in [2.45, 2.75) is 13.3 Å². The first-order valence-electron chi connectivity index (χ1n) is 7.02. The van der Waals surface area contributed by atoms with Gasteiger partial charge in [-0.2, -0.15) is 5.10 Å². The third-order valence-electron chi connectivity index (χ3n) is 2.95. The number of rotatable bonds is 5. The average Bonchev–Trinajstić information content (AvgIpc) is 3.16. The summed E-state index contributed by atoms with van der Waals surface area (Å²) in [7, 11) is 0. The first-order valence-corrected chi connectivity index (χ1v) is 8.63. The number of ether oxygens (including phenoxy) is 2. The molecule has 1 aromatic heterocycles. The number of hydrogen-bond acceptors (Lipinski definition) is 8. The standard InChI is InChI=1S/C14H12BrN5O4S/c1-7(21)17-14-20-19-13(25-14)4-12(22)18-16-5-8-2-10-11(3-9(8)15)24-6-23-10/h2-3,5H,4,6H2,1H3,(H,18,22)(H,17,20,21)/b16-5-. The molecule has 0 unspecified atom stereocenters. The van der Waals surface area contributed by atoms with Gasteiger partial charge < -0.3 is 14.8 Å². The molecular weight excluding hydrogens is 414 g/mol. The molecular formula is C14H12BrN5O4S. The van der Waals surface area contributed by atoms with Gasteiger partial charge in [0.25, 0.3) is 0 Å². The van der Waals surface area contributed by atoms with Crippen LogP contribution < -0.4 is 20.2 Å². The number of nitrogens with zero attached hydrogens (tertiary/aromatic N) is 3. The maximum Gasteiger partial charge on any atom is 0.247 e. The van der Waals surface area contributed by atoms with Crippen LogP contribution in [0.3, 0.4) is 0 Å². The van der Waals surface area contributed by atoms with E-state index in [2.05, 4.69) is 42.0 Å². The highest BCUT2D eigenvalue weighted by molar-refractivity contribution is 9.10. The van der Waals surface area contributed by atoms with Crippen molar-refractivity contribution < 1.29 is 19.1 Å². The predicted molar refractivity (Wildman–Crippen MR) is 93.9 cm³/mol. The summed E-state index contributed by atoms with van der Waals surface area (Å²) in [5, 5.41) is 14.8. The molecule has 0 aliphatic carbocycles. The Labute approximate surface area is 154 Å². The Kier molecular flexibility index (Phi) is 5.24. The van der Waals surface area contributed by atoms with Crippen LogP contribution in [-0.2, 0) is 16.0 Å². The third-order valence-corrected chi connectivity index (χ3v) is 4.47. The van der Waals surface area contributed by atoms with Gasteiger partial charge in [-0.3, -0.25) is 9.59 Å². The van der Waals surface area contributed by atoms with E-state index < -0.39 is 0 Å². The van der Waals surface area contributed by atoms with Gasteiger partial charge in [0.15, 0.2) is 11.5 Å². The van der Waals surface area contributed by atoms with E-state index in [1.165, 1.54) is 13.1 Å². The largest absolute Gasteiger partial charge is 0.454 e. The Bertz CT molecular complexity index is 854. The minimum atomic E-state index is -0.348. The molecule has 0 spiro atoms. The van der Waals surface area contributed by atoms with Gasteiger partial charge in [-0.15, -0.1) is 10.2 Å². The van der Waals surface area contributed by atoms with E-state index >= 15 is 0 Å². The van der Waals surface area contributed by atoms with E-state index in [1.807, 2.05) is 0 Å². The normalized spacial score (nSPS) is 12.4. The Balaban J connectivity index is 1.56. The molecule has 11 heteroatoms. The number of anilines is 1. The van der Waals surface area contributed by atoms with Crippen LogP contribution in [-0.4, -0.2) is 35.0 Å². The Morgan fingerprint density at radius 2 is 2.12 bits per heavy atom. The fraction of sp³-hybridized carbons (Fsp3) is 0.214. The number of carbonyl (C=O) groups is 2. The van der Waals surface area contributed by atoms with Gasteiger partial charge in [-0.05, 0) is 28.1 Å². The van der Waals surface area contributed by atoms with Crippen molar-refractivity contribution in [2.75, 3.05) is 12.1 Å². The van der Waals surface area contributed by atoms with E-state index in [4.69, 9.17) is 9.47 Å². The fourth-order valence-electron chi connectivity index (χ4n) is 1.91. The lowest BCUT2D eigenvalue weighted by atomic mass is 10.2. The Morgan fingerprint density at radius 1 is 1.36 bits per heavy atom. The summed E-state index contributed by atoms with van der Waals surface area (Å²) in [6.45, 7) is 1.55. The summed E-state index contributed by atoms with van der Waals surface area (Å²) in [6.07, 6.45) is 1.50. The molecule has 3 rings (SSSR count). The van der Waals surface area contributed by atoms with Crippen molar-refractivity contribution in [1.82, 2.24) is 15.6 Å². The zero-order valence-electron chi connectivity index (χ0n) is 12.9. The molecule has 0 bridgehead atoms. The number of hydrazone groups is 1. The summed E-state index contributed by atoms with van der Waals surface area (Å²) in [6, 6.07) is 3.53. The van der Waals surface area contributed by atoms with Crippen LogP contribution >= 0.6 is 27.3 Å². The molecule has 2 heterocycles. The number of amides is 2. The number of aromatic nitrogens is 2. The van der Waals surface area contributed by atoms with Crippen LogP contribution in [0, 0.1) is 0 Å². The van der Waals surface area contributed by atoms with Crippen LogP contribution in [0.5, 0.6) is 11.5 Å². The van der Waals surface area contributed by atoms with Gasteiger partial charge in [0.2, 0.25) is 23.7 Å². The zero-order valence-corrected chi connectivity index (χ0v) is 15.3. The van der Waals surface area contributed by atoms with Crippen LogP contribution in [0.25, 0.3) is 0 Å². The van der Waals surface area contributed by atoms with E-state index in [0.29, 0.717) is 21.6 Å².